The van der Waals surface area contributed by atoms with Gasteiger partial charge in [0.05, 0.1) is 6.61 Å². The lowest BCUT2D eigenvalue weighted by atomic mass is 10.2. The average Bonchev–Trinajstić information content (AvgIpc) is 2.66. The molecule has 0 spiro atoms. The zero-order chi connectivity index (χ0) is 18.8. The highest BCUT2D eigenvalue weighted by Gasteiger charge is 2.17. The Kier molecular flexibility index (Phi) is 7.47. The van der Waals surface area contributed by atoms with Crippen LogP contribution in [-0.4, -0.2) is 17.6 Å². The van der Waals surface area contributed by atoms with E-state index in [0.717, 1.165) is 11.1 Å². The standard InChI is InChI=1S/C19H19ClN4O2/c1-2-26-19(25)16(10-21)18(23-11-14-6-4-3-5-7-14)24-13-15-8-9-17(20)22-12-15/h3-9,12,23-24H,2,11,13H2,1H3. The number of esters is 1. The lowest BCUT2D eigenvalue weighted by Crippen LogP contribution is -2.30. The number of pyridine rings is 1. The Hall–Kier alpha value is -3.04. The maximum atomic E-state index is 12.1. The number of halogens is 1. The Morgan fingerprint density at radius 1 is 1.15 bits per heavy atom. The Labute approximate surface area is 157 Å². The van der Waals surface area contributed by atoms with Crippen molar-refractivity contribution in [2.75, 3.05) is 6.61 Å². The second-order valence-corrected chi connectivity index (χ2v) is 5.65. The molecule has 0 bridgehead atoms. The van der Waals surface area contributed by atoms with Gasteiger partial charge < -0.3 is 15.4 Å². The lowest BCUT2D eigenvalue weighted by molar-refractivity contribution is -0.138. The van der Waals surface area contributed by atoms with Crippen LogP contribution in [0.5, 0.6) is 0 Å². The third-order valence-corrected chi connectivity index (χ3v) is 3.63. The highest BCUT2D eigenvalue weighted by molar-refractivity contribution is 6.29. The van der Waals surface area contributed by atoms with Gasteiger partial charge in [-0.25, -0.2) is 9.78 Å². The Morgan fingerprint density at radius 3 is 2.42 bits per heavy atom. The van der Waals surface area contributed by atoms with E-state index in [0.29, 0.717) is 24.1 Å². The third kappa shape index (κ3) is 5.80. The number of aromatic nitrogens is 1. The predicted octanol–water partition coefficient (Wildman–Crippen LogP) is 2.91. The largest absolute Gasteiger partial charge is 0.462 e. The minimum Gasteiger partial charge on any atom is -0.462 e. The molecule has 0 atom stereocenters. The van der Waals surface area contributed by atoms with Crippen molar-refractivity contribution in [3.63, 3.8) is 0 Å². The summed E-state index contributed by atoms with van der Waals surface area (Å²) in [7, 11) is 0. The van der Waals surface area contributed by atoms with E-state index in [2.05, 4.69) is 15.6 Å². The monoisotopic (exact) mass is 370 g/mol. The van der Waals surface area contributed by atoms with Crippen LogP contribution in [0.4, 0.5) is 0 Å². The van der Waals surface area contributed by atoms with Crippen LogP contribution in [0.3, 0.4) is 0 Å². The molecule has 1 aromatic carbocycles. The van der Waals surface area contributed by atoms with Crippen molar-refractivity contribution in [1.82, 2.24) is 15.6 Å². The van der Waals surface area contributed by atoms with Crippen LogP contribution in [-0.2, 0) is 22.6 Å². The molecule has 2 aromatic rings. The van der Waals surface area contributed by atoms with Crippen molar-refractivity contribution in [2.45, 2.75) is 20.0 Å². The molecule has 0 unspecified atom stereocenters. The summed E-state index contributed by atoms with van der Waals surface area (Å²) in [5, 5.41) is 16.0. The van der Waals surface area contributed by atoms with Crippen molar-refractivity contribution in [1.29, 1.82) is 5.26 Å². The van der Waals surface area contributed by atoms with Crippen LogP contribution in [0, 0.1) is 11.3 Å². The number of benzene rings is 1. The number of rotatable bonds is 8. The molecule has 2 rings (SSSR count). The normalized spacial score (nSPS) is 11.1. The van der Waals surface area contributed by atoms with E-state index in [-0.39, 0.29) is 12.2 Å². The molecule has 0 aliphatic carbocycles. The molecule has 1 heterocycles. The minimum atomic E-state index is -0.674. The molecule has 134 valence electrons. The number of carbonyl (C=O) groups excluding carboxylic acids is 1. The summed E-state index contributed by atoms with van der Waals surface area (Å²) >= 11 is 5.78. The number of nitriles is 1. The molecule has 0 aliphatic heterocycles. The van der Waals surface area contributed by atoms with E-state index >= 15 is 0 Å². The van der Waals surface area contributed by atoms with Crippen LogP contribution < -0.4 is 10.6 Å². The first-order valence-electron chi connectivity index (χ1n) is 8.07. The van der Waals surface area contributed by atoms with Gasteiger partial charge in [-0.3, -0.25) is 0 Å². The summed E-state index contributed by atoms with van der Waals surface area (Å²) in [6.45, 7) is 2.70. The molecule has 6 nitrogen and oxygen atoms in total. The molecule has 0 saturated carbocycles. The van der Waals surface area contributed by atoms with E-state index in [1.54, 1.807) is 19.2 Å². The van der Waals surface area contributed by atoms with Crippen molar-refractivity contribution < 1.29 is 9.53 Å². The molecule has 1 aromatic heterocycles. The highest BCUT2D eigenvalue weighted by atomic mass is 35.5. The number of nitrogens with zero attached hydrogens (tertiary/aromatic N) is 2. The fourth-order valence-corrected chi connectivity index (χ4v) is 2.25. The fraction of sp³-hybridized carbons (Fsp3) is 0.211. The van der Waals surface area contributed by atoms with Gasteiger partial charge in [-0.1, -0.05) is 48.0 Å². The zero-order valence-corrected chi connectivity index (χ0v) is 15.1. The molecule has 0 aliphatic rings. The summed E-state index contributed by atoms with van der Waals surface area (Å²) in [5.74, 6) is -0.364. The molecular weight excluding hydrogens is 352 g/mol. The first-order chi connectivity index (χ1) is 12.6. The maximum absolute atomic E-state index is 12.1. The highest BCUT2D eigenvalue weighted by Crippen LogP contribution is 2.08. The summed E-state index contributed by atoms with van der Waals surface area (Å²) in [4.78, 5) is 16.1. The Bertz CT molecular complexity index is 799. The number of ether oxygens (including phenoxy) is 1. The van der Waals surface area contributed by atoms with E-state index in [9.17, 15) is 10.1 Å². The first-order valence-corrected chi connectivity index (χ1v) is 8.45. The molecule has 0 amide bonds. The molecular formula is C19H19ClN4O2. The zero-order valence-electron chi connectivity index (χ0n) is 14.3. The summed E-state index contributed by atoms with van der Waals surface area (Å²) < 4.78 is 4.97. The Morgan fingerprint density at radius 2 is 1.85 bits per heavy atom. The van der Waals surface area contributed by atoms with Crippen LogP contribution in [0.1, 0.15) is 18.1 Å². The number of hydrogen-bond donors (Lipinski definition) is 2. The number of nitrogens with one attached hydrogen (secondary N) is 2. The van der Waals surface area contributed by atoms with Crippen molar-refractivity contribution in [3.05, 3.63) is 76.3 Å². The predicted molar refractivity (Wildman–Crippen MR) is 98.6 cm³/mol. The quantitative estimate of drug-likeness (QED) is 0.321. The smallest absolute Gasteiger partial charge is 0.352 e. The third-order valence-electron chi connectivity index (χ3n) is 3.41. The van der Waals surface area contributed by atoms with Crippen molar-refractivity contribution in [3.8, 4) is 6.07 Å². The van der Waals surface area contributed by atoms with Crippen molar-refractivity contribution >= 4 is 17.6 Å². The molecule has 0 fully saturated rings. The summed E-state index contributed by atoms with van der Waals surface area (Å²) in [5.41, 5.74) is 1.76. The molecule has 7 heteroatoms. The molecule has 2 N–H and O–H groups in total. The lowest BCUT2D eigenvalue weighted by Gasteiger charge is -2.15. The Balaban J connectivity index is 2.17. The van der Waals surface area contributed by atoms with E-state index in [1.807, 2.05) is 42.5 Å². The fourth-order valence-electron chi connectivity index (χ4n) is 2.13. The maximum Gasteiger partial charge on any atom is 0.352 e. The summed E-state index contributed by atoms with van der Waals surface area (Å²) in [6, 6.07) is 15.1. The van der Waals surface area contributed by atoms with Gasteiger partial charge in [0.2, 0.25) is 0 Å². The van der Waals surface area contributed by atoms with Crippen LogP contribution in [0.2, 0.25) is 5.15 Å². The topological polar surface area (TPSA) is 87.0 Å². The molecule has 0 saturated heterocycles. The van der Waals surface area contributed by atoms with Gasteiger partial charge in [0.15, 0.2) is 5.57 Å². The van der Waals surface area contributed by atoms with E-state index in [1.165, 1.54) is 0 Å². The molecule has 26 heavy (non-hydrogen) atoms. The van der Waals surface area contributed by atoms with Crippen LogP contribution in [0.25, 0.3) is 0 Å². The summed E-state index contributed by atoms with van der Waals surface area (Å²) in [6.07, 6.45) is 1.63. The molecule has 0 radical (unpaired) electrons. The second kappa shape index (κ2) is 10.1. The second-order valence-electron chi connectivity index (χ2n) is 5.26. The number of carbonyl (C=O) groups is 1. The number of hydrogen-bond acceptors (Lipinski definition) is 6. The SMILES string of the molecule is CCOC(=O)C(C#N)=C(NCc1ccccc1)NCc1ccc(Cl)nc1. The average molecular weight is 371 g/mol. The van der Waals surface area contributed by atoms with Gasteiger partial charge in [-0.05, 0) is 24.1 Å². The van der Waals surface area contributed by atoms with Crippen LogP contribution in [0.15, 0.2) is 60.1 Å². The van der Waals surface area contributed by atoms with Crippen molar-refractivity contribution in [2.24, 2.45) is 0 Å². The van der Waals surface area contributed by atoms with Gasteiger partial charge in [0, 0.05) is 19.3 Å². The van der Waals surface area contributed by atoms with Gasteiger partial charge >= 0.3 is 5.97 Å². The minimum absolute atomic E-state index is 0.107. The van der Waals surface area contributed by atoms with Gasteiger partial charge in [0.25, 0.3) is 0 Å². The van der Waals surface area contributed by atoms with Gasteiger partial charge in [0.1, 0.15) is 17.0 Å². The first kappa shape index (κ1) is 19.3. The van der Waals surface area contributed by atoms with Crippen LogP contribution >= 0.6 is 11.6 Å². The van der Waals surface area contributed by atoms with Gasteiger partial charge in [-0.15, -0.1) is 0 Å². The van der Waals surface area contributed by atoms with Gasteiger partial charge in [-0.2, -0.15) is 5.26 Å². The van der Waals surface area contributed by atoms with E-state index in [4.69, 9.17) is 16.3 Å². The van der Waals surface area contributed by atoms with E-state index < -0.39 is 5.97 Å².